The molecule has 0 rings (SSSR count). The Labute approximate surface area is 84.1 Å². The molecule has 0 fully saturated rings. The van der Waals surface area contributed by atoms with Gasteiger partial charge in [0.25, 0.3) is 0 Å². The normalized spacial score (nSPS) is 12.5. The Balaban J connectivity index is 3.31. The molecule has 0 radical (unpaired) electrons. The smallest absolute Gasteiger partial charge is 0.0792 e. The molecule has 0 amide bonds. The lowest BCUT2D eigenvalue weighted by molar-refractivity contribution is -0.870. The van der Waals surface area contributed by atoms with Crippen molar-refractivity contribution < 1.29 is 4.48 Å². The molecular weight excluding hydrogens is 160 g/mol. The molecule has 0 unspecified atom stereocenters. The van der Waals surface area contributed by atoms with E-state index in [4.69, 9.17) is 0 Å². The van der Waals surface area contributed by atoms with Crippen molar-refractivity contribution in [2.24, 2.45) is 0 Å². The number of rotatable bonds is 7. The van der Waals surface area contributed by atoms with E-state index in [0.717, 1.165) is 4.48 Å². The van der Waals surface area contributed by atoms with Gasteiger partial charge in [0.2, 0.25) is 0 Å². The lowest BCUT2D eigenvalue weighted by atomic mass is 10.3. The highest BCUT2D eigenvalue weighted by Crippen LogP contribution is 1.97. The van der Waals surface area contributed by atoms with Gasteiger partial charge in [-0.05, 0) is 20.0 Å². The fourth-order valence-corrected chi connectivity index (χ4v) is 1.35. The molecule has 0 aromatic rings. The maximum absolute atomic E-state index is 2.44. The zero-order chi connectivity index (χ0) is 10.3. The molecule has 80 valence electrons. The zero-order valence-electron chi connectivity index (χ0n) is 10.1. The second kappa shape index (κ2) is 6.39. The second-order valence-electron chi connectivity index (χ2n) is 5.02. The molecule has 0 bridgehead atoms. The molecule has 0 atom stereocenters. The highest BCUT2D eigenvalue weighted by Gasteiger charge is 2.06. The maximum Gasteiger partial charge on any atom is 0.0792 e. The van der Waals surface area contributed by atoms with Gasteiger partial charge in [0.15, 0.2) is 0 Å². The fourth-order valence-electron chi connectivity index (χ4n) is 1.35. The number of nitrogens with zero attached hydrogens (tertiary/aromatic N) is 2. The SMILES string of the molecule is CCCCN(C)CCC[N+](C)(C)C. The molecule has 0 heterocycles. The van der Waals surface area contributed by atoms with Crippen molar-refractivity contribution in [2.75, 3.05) is 47.8 Å². The van der Waals surface area contributed by atoms with Crippen LogP contribution in [-0.2, 0) is 0 Å². The topological polar surface area (TPSA) is 3.24 Å². The molecule has 0 N–H and O–H groups in total. The molecule has 0 saturated heterocycles. The molecule has 0 aromatic heterocycles. The monoisotopic (exact) mass is 187 g/mol. The summed E-state index contributed by atoms with van der Waals surface area (Å²) in [5, 5.41) is 0. The third-order valence-electron chi connectivity index (χ3n) is 2.26. The molecule has 13 heavy (non-hydrogen) atoms. The van der Waals surface area contributed by atoms with Gasteiger partial charge < -0.3 is 9.38 Å². The summed E-state index contributed by atoms with van der Waals surface area (Å²) in [6, 6.07) is 0. The van der Waals surface area contributed by atoms with Gasteiger partial charge in [-0.15, -0.1) is 0 Å². The van der Waals surface area contributed by atoms with Gasteiger partial charge in [0.05, 0.1) is 27.7 Å². The summed E-state index contributed by atoms with van der Waals surface area (Å²) in [6.07, 6.45) is 3.95. The average Bonchev–Trinajstić information content (AvgIpc) is 1.98. The molecule has 0 aliphatic heterocycles. The van der Waals surface area contributed by atoms with Crippen molar-refractivity contribution in [1.29, 1.82) is 0 Å². The largest absolute Gasteiger partial charge is 0.331 e. The zero-order valence-corrected chi connectivity index (χ0v) is 10.1. The summed E-state index contributed by atoms with van der Waals surface area (Å²) >= 11 is 0. The maximum atomic E-state index is 2.44. The second-order valence-corrected chi connectivity index (χ2v) is 5.02. The van der Waals surface area contributed by atoms with E-state index in [1.807, 2.05) is 0 Å². The lowest BCUT2D eigenvalue weighted by Gasteiger charge is -2.25. The van der Waals surface area contributed by atoms with Gasteiger partial charge in [0, 0.05) is 13.0 Å². The van der Waals surface area contributed by atoms with Gasteiger partial charge in [-0.1, -0.05) is 13.3 Å². The van der Waals surface area contributed by atoms with Crippen molar-refractivity contribution in [1.82, 2.24) is 4.90 Å². The predicted octanol–water partition coefficient (Wildman–Crippen LogP) is 1.81. The summed E-state index contributed by atoms with van der Waals surface area (Å²) in [7, 11) is 9.00. The van der Waals surface area contributed by atoms with E-state index in [9.17, 15) is 0 Å². The first-order valence-corrected chi connectivity index (χ1v) is 5.44. The van der Waals surface area contributed by atoms with Crippen LogP contribution in [0.25, 0.3) is 0 Å². The first-order chi connectivity index (χ1) is 5.95. The van der Waals surface area contributed by atoms with Crippen LogP contribution in [0.2, 0.25) is 0 Å². The predicted molar refractivity (Wildman–Crippen MR) is 59.9 cm³/mol. The Bertz CT molecular complexity index is 116. The molecule has 0 aliphatic carbocycles. The van der Waals surface area contributed by atoms with E-state index in [-0.39, 0.29) is 0 Å². The molecule has 0 saturated carbocycles. The highest BCUT2D eigenvalue weighted by molar-refractivity contribution is 4.50. The van der Waals surface area contributed by atoms with Gasteiger partial charge in [-0.3, -0.25) is 0 Å². The van der Waals surface area contributed by atoms with Crippen molar-refractivity contribution in [3.8, 4) is 0 Å². The number of quaternary nitrogens is 1. The number of hydrogen-bond donors (Lipinski definition) is 0. The van der Waals surface area contributed by atoms with Crippen LogP contribution < -0.4 is 0 Å². The Kier molecular flexibility index (Phi) is 6.35. The quantitative estimate of drug-likeness (QED) is 0.550. The van der Waals surface area contributed by atoms with E-state index in [1.54, 1.807) is 0 Å². The Morgan fingerprint density at radius 1 is 1.00 bits per heavy atom. The minimum atomic E-state index is 1.08. The summed E-state index contributed by atoms with van der Waals surface area (Å²) < 4.78 is 1.08. The van der Waals surface area contributed by atoms with Crippen LogP contribution in [-0.4, -0.2) is 57.2 Å². The van der Waals surface area contributed by atoms with Crippen molar-refractivity contribution in [2.45, 2.75) is 26.2 Å². The third-order valence-corrected chi connectivity index (χ3v) is 2.26. The summed E-state index contributed by atoms with van der Waals surface area (Å²) in [5.74, 6) is 0. The molecule has 0 aliphatic rings. The van der Waals surface area contributed by atoms with Gasteiger partial charge in [-0.25, -0.2) is 0 Å². The average molecular weight is 187 g/mol. The van der Waals surface area contributed by atoms with E-state index in [0.29, 0.717) is 0 Å². The van der Waals surface area contributed by atoms with Gasteiger partial charge in [0.1, 0.15) is 0 Å². The standard InChI is InChI=1S/C11H27N2/c1-6-7-9-12(2)10-8-11-13(3,4)5/h6-11H2,1-5H3/q+1. The lowest BCUT2D eigenvalue weighted by Crippen LogP contribution is -2.37. The third kappa shape index (κ3) is 9.84. The van der Waals surface area contributed by atoms with Crippen molar-refractivity contribution in [3.63, 3.8) is 0 Å². The fraction of sp³-hybridized carbons (Fsp3) is 1.00. The summed E-state index contributed by atoms with van der Waals surface area (Å²) in [6.45, 7) is 6.03. The molecule has 2 nitrogen and oxygen atoms in total. The Morgan fingerprint density at radius 3 is 2.00 bits per heavy atom. The Hall–Kier alpha value is -0.0800. The minimum Gasteiger partial charge on any atom is -0.331 e. The van der Waals surface area contributed by atoms with Crippen LogP contribution in [0.5, 0.6) is 0 Å². The van der Waals surface area contributed by atoms with Crippen LogP contribution in [0, 0.1) is 0 Å². The van der Waals surface area contributed by atoms with Crippen molar-refractivity contribution >= 4 is 0 Å². The van der Waals surface area contributed by atoms with Crippen LogP contribution in [0.15, 0.2) is 0 Å². The first kappa shape index (κ1) is 12.9. The first-order valence-electron chi connectivity index (χ1n) is 5.44. The Morgan fingerprint density at radius 2 is 1.54 bits per heavy atom. The van der Waals surface area contributed by atoms with E-state index >= 15 is 0 Å². The molecule has 0 aromatic carbocycles. The van der Waals surface area contributed by atoms with Crippen LogP contribution in [0.3, 0.4) is 0 Å². The molecular formula is C11H27N2+. The van der Waals surface area contributed by atoms with Crippen LogP contribution in [0.1, 0.15) is 26.2 Å². The van der Waals surface area contributed by atoms with E-state index in [1.165, 1.54) is 38.9 Å². The summed E-state index contributed by atoms with van der Waals surface area (Å²) in [4.78, 5) is 2.44. The van der Waals surface area contributed by atoms with Gasteiger partial charge >= 0.3 is 0 Å². The van der Waals surface area contributed by atoms with Crippen LogP contribution in [0.4, 0.5) is 0 Å². The van der Waals surface area contributed by atoms with E-state index in [2.05, 4.69) is 40.0 Å². The summed E-state index contributed by atoms with van der Waals surface area (Å²) in [5.41, 5.74) is 0. The number of unbranched alkanes of at least 4 members (excludes halogenated alkanes) is 1. The molecule has 0 spiro atoms. The minimum absolute atomic E-state index is 1.08. The van der Waals surface area contributed by atoms with Crippen LogP contribution >= 0.6 is 0 Å². The van der Waals surface area contributed by atoms with Crippen molar-refractivity contribution in [3.05, 3.63) is 0 Å². The highest BCUT2D eigenvalue weighted by atomic mass is 15.3. The number of hydrogen-bond acceptors (Lipinski definition) is 1. The van der Waals surface area contributed by atoms with Gasteiger partial charge in [-0.2, -0.15) is 0 Å². The molecule has 2 heteroatoms. The van der Waals surface area contributed by atoms with E-state index < -0.39 is 0 Å².